The van der Waals surface area contributed by atoms with Crippen LogP contribution in [0.5, 0.6) is 0 Å². The van der Waals surface area contributed by atoms with E-state index in [0.717, 1.165) is 11.4 Å². The molecule has 1 fully saturated rings. The highest BCUT2D eigenvalue weighted by molar-refractivity contribution is 6.65. The highest BCUT2D eigenvalue weighted by Gasteiger charge is 2.37. The van der Waals surface area contributed by atoms with Crippen molar-refractivity contribution in [3.8, 4) is 0 Å². The van der Waals surface area contributed by atoms with E-state index in [1.807, 2.05) is 0 Å². The zero-order valence-corrected chi connectivity index (χ0v) is 8.35. The van der Waals surface area contributed by atoms with Gasteiger partial charge < -0.3 is 0 Å². The van der Waals surface area contributed by atoms with Crippen molar-refractivity contribution in [2.75, 3.05) is 6.17 Å². The topological polar surface area (TPSA) is 37.4 Å². The van der Waals surface area contributed by atoms with Gasteiger partial charge in [0.05, 0.1) is 6.17 Å². The molecule has 3 nitrogen and oxygen atoms in total. The highest BCUT2D eigenvalue weighted by Crippen LogP contribution is 2.16. The molecule has 74 valence electrons. The van der Waals surface area contributed by atoms with Crippen molar-refractivity contribution in [1.29, 1.82) is 0 Å². The second kappa shape index (κ2) is 3.53. The molecule has 0 bridgehead atoms. The third-order valence-corrected chi connectivity index (χ3v) is 2.69. The number of rotatable bonds is 2. The molecule has 1 rings (SSSR count). The van der Waals surface area contributed by atoms with Gasteiger partial charge in [0.25, 0.3) is 0 Å². The van der Waals surface area contributed by atoms with E-state index in [9.17, 15) is 17.8 Å². The lowest BCUT2D eigenvalue weighted by Crippen LogP contribution is -2.47. The van der Waals surface area contributed by atoms with Gasteiger partial charge in [0, 0.05) is 12.8 Å². The summed E-state index contributed by atoms with van der Waals surface area (Å²) in [6.45, 7) is 0.835. The number of carbonyl (C=O) groups is 2. The monoisotopic (exact) mass is 207 g/mol. The predicted octanol–water partition coefficient (Wildman–Crippen LogP) is 1.08. The summed E-state index contributed by atoms with van der Waals surface area (Å²) in [4.78, 5) is 22.9. The summed E-state index contributed by atoms with van der Waals surface area (Å²) in [5.74, 6) is -0.907. The lowest BCUT2D eigenvalue weighted by molar-refractivity contribution is -0.147. The Morgan fingerprint density at radius 2 is 1.77 bits per heavy atom. The van der Waals surface area contributed by atoms with Gasteiger partial charge in [-0.3, -0.25) is 22.7 Å². The normalized spacial score (nSPS) is 19.5. The van der Waals surface area contributed by atoms with Crippen LogP contribution in [0.2, 0.25) is 6.55 Å². The molecule has 0 aromatic carbocycles. The van der Waals surface area contributed by atoms with Crippen LogP contribution in [0.15, 0.2) is 0 Å². The molecule has 0 aliphatic carbocycles. The van der Waals surface area contributed by atoms with E-state index >= 15 is 0 Å². The van der Waals surface area contributed by atoms with Crippen LogP contribution in [-0.4, -0.2) is 31.6 Å². The minimum absolute atomic E-state index is 0.218. The maximum absolute atomic E-state index is 12.6. The number of hydrogen-bond acceptors (Lipinski definition) is 2. The molecular formula is C7H11F2NO2Si. The summed E-state index contributed by atoms with van der Waals surface area (Å²) in [5.41, 5.74) is 0. The first-order valence-electron chi connectivity index (χ1n) is 4.11. The summed E-state index contributed by atoms with van der Waals surface area (Å²) < 4.78 is 25.3. The minimum Gasteiger partial charge on any atom is -0.280 e. The van der Waals surface area contributed by atoms with E-state index in [4.69, 9.17) is 0 Å². The molecular weight excluding hydrogens is 196 g/mol. The Morgan fingerprint density at radius 1 is 1.31 bits per heavy atom. The zero-order chi connectivity index (χ0) is 10.1. The summed E-state index contributed by atoms with van der Waals surface area (Å²) >= 11 is 0. The molecule has 0 saturated carbocycles. The van der Waals surface area contributed by atoms with Gasteiger partial charge in [-0.2, -0.15) is 0 Å². The molecule has 13 heavy (non-hydrogen) atoms. The van der Waals surface area contributed by atoms with E-state index in [-0.39, 0.29) is 12.8 Å². The van der Waals surface area contributed by atoms with Crippen molar-refractivity contribution >= 4 is 20.6 Å². The van der Waals surface area contributed by atoms with Crippen molar-refractivity contribution in [1.82, 2.24) is 4.90 Å². The number of carbonyl (C=O) groups excluding carboxylic acids is 2. The lowest BCUT2D eigenvalue weighted by Gasteiger charge is -2.26. The molecule has 0 aromatic heterocycles. The molecule has 1 heterocycles. The van der Waals surface area contributed by atoms with Gasteiger partial charge >= 0.3 is 8.74 Å². The Bertz CT molecular complexity index is 223. The number of halogens is 2. The van der Waals surface area contributed by atoms with E-state index in [1.165, 1.54) is 0 Å². The number of nitrogens with zero attached hydrogens (tertiary/aromatic N) is 1. The smallest absolute Gasteiger partial charge is 0.280 e. The van der Waals surface area contributed by atoms with Crippen LogP contribution in [-0.2, 0) is 9.59 Å². The fourth-order valence-corrected chi connectivity index (χ4v) is 2.16. The van der Waals surface area contributed by atoms with E-state index in [0.29, 0.717) is 6.42 Å². The van der Waals surface area contributed by atoms with Crippen molar-refractivity contribution in [2.45, 2.75) is 25.8 Å². The van der Waals surface area contributed by atoms with Crippen LogP contribution in [0, 0.1) is 0 Å². The van der Waals surface area contributed by atoms with Crippen LogP contribution in [0.3, 0.4) is 0 Å². The third-order valence-electron chi connectivity index (χ3n) is 1.82. The van der Waals surface area contributed by atoms with Crippen molar-refractivity contribution < 1.29 is 17.8 Å². The second-order valence-electron chi connectivity index (χ2n) is 3.30. The van der Waals surface area contributed by atoms with Crippen molar-refractivity contribution in [3.05, 3.63) is 0 Å². The maximum Gasteiger partial charge on any atom is 0.441 e. The summed E-state index contributed by atoms with van der Waals surface area (Å²) in [6.07, 6.45) is 0.280. The Hall–Kier alpha value is -0.783. The van der Waals surface area contributed by atoms with Crippen molar-refractivity contribution in [2.24, 2.45) is 0 Å². The van der Waals surface area contributed by atoms with E-state index in [1.54, 1.807) is 0 Å². The number of imide groups is 1. The summed E-state index contributed by atoms with van der Waals surface area (Å²) in [5, 5.41) is 0. The van der Waals surface area contributed by atoms with Gasteiger partial charge in [0.15, 0.2) is 0 Å². The molecule has 1 aliphatic heterocycles. The molecule has 0 atom stereocenters. The van der Waals surface area contributed by atoms with Crippen LogP contribution < -0.4 is 0 Å². The highest BCUT2D eigenvalue weighted by atomic mass is 28.4. The van der Waals surface area contributed by atoms with Gasteiger partial charge in [0.1, 0.15) is 0 Å². The first-order chi connectivity index (χ1) is 5.90. The average molecular weight is 207 g/mol. The van der Waals surface area contributed by atoms with E-state index in [2.05, 4.69) is 0 Å². The molecule has 0 aromatic rings. The largest absolute Gasteiger partial charge is 0.441 e. The first kappa shape index (κ1) is 10.3. The Labute approximate surface area is 76.1 Å². The predicted molar refractivity (Wildman–Crippen MR) is 44.4 cm³/mol. The van der Waals surface area contributed by atoms with Crippen LogP contribution in [0.25, 0.3) is 0 Å². The van der Waals surface area contributed by atoms with Gasteiger partial charge in [-0.25, -0.2) is 0 Å². The molecule has 1 saturated heterocycles. The standard InChI is InChI=1S/C7H11F2NO2Si/c1-13(8,9)5-10-6(11)3-2-4-7(10)12/h2-5H2,1H3. The molecule has 0 spiro atoms. The summed E-state index contributed by atoms with van der Waals surface area (Å²) in [7, 11) is -4.34. The maximum atomic E-state index is 12.6. The van der Waals surface area contributed by atoms with Crippen molar-refractivity contribution in [3.63, 3.8) is 0 Å². The average Bonchev–Trinajstić information content (AvgIpc) is 1.95. The lowest BCUT2D eigenvalue weighted by atomic mass is 10.1. The number of hydrogen-bond donors (Lipinski definition) is 0. The molecule has 1 aliphatic rings. The second-order valence-corrected chi connectivity index (χ2v) is 5.75. The quantitative estimate of drug-likeness (QED) is 0.386. The van der Waals surface area contributed by atoms with Crippen LogP contribution in [0.4, 0.5) is 8.22 Å². The molecule has 0 radical (unpaired) electrons. The molecule has 6 heteroatoms. The SMILES string of the molecule is C[Si](F)(F)CN1C(=O)CCCC1=O. The zero-order valence-electron chi connectivity index (χ0n) is 7.35. The van der Waals surface area contributed by atoms with Crippen LogP contribution >= 0.6 is 0 Å². The van der Waals surface area contributed by atoms with Gasteiger partial charge in [-0.15, -0.1) is 0 Å². The molecule has 0 N–H and O–H groups in total. The minimum atomic E-state index is -4.34. The van der Waals surface area contributed by atoms with Gasteiger partial charge in [0.2, 0.25) is 11.8 Å². The van der Waals surface area contributed by atoms with Gasteiger partial charge in [-0.1, -0.05) is 0 Å². The fourth-order valence-electron chi connectivity index (χ4n) is 1.25. The number of amides is 2. The molecule has 2 amide bonds. The van der Waals surface area contributed by atoms with E-state index < -0.39 is 26.7 Å². The fraction of sp³-hybridized carbons (Fsp3) is 0.714. The summed E-state index contributed by atoms with van der Waals surface area (Å²) in [6, 6.07) is 0. The third kappa shape index (κ3) is 2.87. The Morgan fingerprint density at radius 3 is 2.15 bits per heavy atom. The molecule has 0 unspecified atom stereocenters. The van der Waals surface area contributed by atoms with Gasteiger partial charge in [-0.05, 0) is 13.0 Å². The Kier molecular flexibility index (Phi) is 2.80. The number of piperidine rings is 1. The number of likely N-dealkylation sites (tertiary alicyclic amines) is 1. The first-order valence-corrected chi connectivity index (χ1v) is 6.57. The Balaban J connectivity index is 2.65. The van der Waals surface area contributed by atoms with Crippen LogP contribution in [0.1, 0.15) is 19.3 Å².